The van der Waals surface area contributed by atoms with E-state index in [-0.39, 0.29) is 11.3 Å². The van der Waals surface area contributed by atoms with Crippen molar-refractivity contribution in [3.8, 4) is 0 Å². The fraction of sp³-hybridized carbons (Fsp3) is 0.548. The molecule has 0 fully saturated rings. The first-order chi connectivity index (χ1) is 17.7. The van der Waals surface area contributed by atoms with E-state index in [1.807, 2.05) is 43.0 Å². The van der Waals surface area contributed by atoms with E-state index in [1.54, 1.807) is 0 Å². The number of anilines is 1. The molecule has 0 heterocycles. The minimum Gasteiger partial charge on any atom is -0.480 e. The fourth-order valence-corrected chi connectivity index (χ4v) is 5.28. The van der Waals surface area contributed by atoms with Crippen LogP contribution in [0.3, 0.4) is 0 Å². The minimum absolute atomic E-state index is 0.0561. The molecule has 0 unspecified atom stereocenters. The standard InChI is InChI=1S/C31H46N2O3S/c1-6-7-8-9-10-20-33(31(36)32-28-17-15-27(16-18-28)23(2)3)21-19-25-11-13-26(14-12-25)22-29(30(34)35)37-24(4)5/h11-18,23-24,29H,6-10,19-22H2,1-5H3,(H,32,36)(H,34,35)/t29-/m1/s1. The van der Waals surface area contributed by atoms with Gasteiger partial charge in [-0.2, -0.15) is 0 Å². The number of unbranched alkanes of at least 4 members (excludes halogenated alkanes) is 4. The highest BCUT2D eigenvalue weighted by Crippen LogP contribution is 2.22. The molecule has 0 aliphatic carbocycles. The smallest absolute Gasteiger partial charge is 0.321 e. The van der Waals surface area contributed by atoms with Crippen molar-refractivity contribution in [1.82, 2.24) is 4.90 Å². The monoisotopic (exact) mass is 526 g/mol. The number of benzene rings is 2. The number of rotatable bonds is 16. The molecule has 0 aliphatic heterocycles. The molecule has 0 radical (unpaired) electrons. The van der Waals surface area contributed by atoms with Gasteiger partial charge in [-0.25, -0.2) is 4.79 Å². The van der Waals surface area contributed by atoms with E-state index in [2.05, 4.69) is 50.4 Å². The van der Waals surface area contributed by atoms with Gasteiger partial charge in [-0.3, -0.25) is 4.79 Å². The van der Waals surface area contributed by atoms with Crippen LogP contribution in [-0.2, 0) is 17.6 Å². The fourth-order valence-electron chi connectivity index (χ4n) is 4.22. The second-order valence-corrected chi connectivity index (χ2v) is 12.2. The number of nitrogens with zero attached hydrogens (tertiary/aromatic N) is 1. The molecular weight excluding hydrogens is 480 g/mol. The maximum absolute atomic E-state index is 13.2. The van der Waals surface area contributed by atoms with Crippen LogP contribution in [0.15, 0.2) is 48.5 Å². The number of carboxylic acid groups (broad SMARTS) is 1. The van der Waals surface area contributed by atoms with Crippen LogP contribution in [0.5, 0.6) is 0 Å². The van der Waals surface area contributed by atoms with Gasteiger partial charge in [0.05, 0.1) is 0 Å². The number of aliphatic carboxylic acids is 1. The first kappa shape index (κ1) is 30.8. The first-order valence-corrected chi connectivity index (χ1v) is 14.8. The number of amides is 2. The number of hydrogen-bond donors (Lipinski definition) is 2. The SMILES string of the molecule is CCCCCCCN(CCc1ccc(C[C@@H](SC(C)C)C(=O)O)cc1)C(=O)Nc1ccc(C(C)C)cc1. The van der Waals surface area contributed by atoms with Crippen LogP contribution in [0.2, 0.25) is 0 Å². The number of nitrogens with one attached hydrogen (secondary N) is 1. The van der Waals surface area contributed by atoms with Crippen LogP contribution in [0.1, 0.15) is 89.3 Å². The Kier molecular flexibility index (Phi) is 13.6. The largest absolute Gasteiger partial charge is 0.480 e. The lowest BCUT2D eigenvalue weighted by atomic mass is 10.0. The van der Waals surface area contributed by atoms with Crippen LogP contribution in [-0.4, -0.2) is 45.6 Å². The van der Waals surface area contributed by atoms with Crippen molar-refractivity contribution in [2.75, 3.05) is 18.4 Å². The summed E-state index contributed by atoms with van der Waals surface area (Å²) in [6.45, 7) is 12.0. The van der Waals surface area contributed by atoms with Gasteiger partial charge >= 0.3 is 12.0 Å². The average molecular weight is 527 g/mol. The molecule has 2 rings (SSSR count). The number of carbonyl (C=O) groups is 2. The van der Waals surface area contributed by atoms with E-state index >= 15 is 0 Å². The Morgan fingerprint density at radius 2 is 1.49 bits per heavy atom. The zero-order valence-corrected chi connectivity index (χ0v) is 24.2. The van der Waals surface area contributed by atoms with Crippen molar-refractivity contribution in [3.63, 3.8) is 0 Å². The molecule has 204 valence electrons. The van der Waals surface area contributed by atoms with E-state index in [0.29, 0.717) is 18.9 Å². The second kappa shape index (κ2) is 16.4. The summed E-state index contributed by atoms with van der Waals surface area (Å²) >= 11 is 1.49. The van der Waals surface area contributed by atoms with Crippen molar-refractivity contribution in [2.45, 2.75) is 96.0 Å². The second-order valence-electron chi connectivity index (χ2n) is 10.4. The van der Waals surface area contributed by atoms with Gasteiger partial charge in [0, 0.05) is 18.8 Å². The Balaban J connectivity index is 1.99. The summed E-state index contributed by atoms with van der Waals surface area (Å²) in [6.07, 6.45) is 7.06. The molecule has 6 heteroatoms. The summed E-state index contributed by atoms with van der Waals surface area (Å²) in [5, 5.41) is 12.4. The lowest BCUT2D eigenvalue weighted by Crippen LogP contribution is -2.37. The molecule has 0 aromatic heterocycles. The molecule has 2 aromatic rings. The lowest BCUT2D eigenvalue weighted by Gasteiger charge is -2.23. The third-order valence-electron chi connectivity index (χ3n) is 6.47. The summed E-state index contributed by atoms with van der Waals surface area (Å²) in [4.78, 5) is 26.7. The lowest BCUT2D eigenvalue weighted by molar-refractivity contribution is -0.136. The van der Waals surface area contributed by atoms with Gasteiger partial charge in [-0.15, -0.1) is 11.8 Å². The maximum atomic E-state index is 13.2. The highest BCUT2D eigenvalue weighted by Gasteiger charge is 2.20. The van der Waals surface area contributed by atoms with Crippen molar-refractivity contribution >= 4 is 29.4 Å². The van der Waals surface area contributed by atoms with Crippen LogP contribution in [0, 0.1) is 0 Å². The van der Waals surface area contributed by atoms with E-state index < -0.39 is 11.2 Å². The molecule has 2 amide bonds. The zero-order chi connectivity index (χ0) is 27.2. The van der Waals surface area contributed by atoms with Gasteiger partial charge < -0.3 is 15.3 Å². The van der Waals surface area contributed by atoms with Crippen LogP contribution in [0.25, 0.3) is 0 Å². The van der Waals surface area contributed by atoms with Gasteiger partial charge in [0.25, 0.3) is 0 Å². The molecule has 5 nitrogen and oxygen atoms in total. The van der Waals surface area contributed by atoms with Crippen molar-refractivity contribution in [3.05, 3.63) is 65.2 Å². The molecule has 1 atom stereocenters. The Bertz CT molecular complexity index is 942. The Morgan fingerprint density at radius 1 is 0.865 bits per heavy atom. The summed E-state index contributed by atoms with van der Waals surface area (Å²) in [5.74, 6) is -0.304. The highest BCUT2D eigenvalue weighted by atomic mass is 32.2. The van der Waals surface area contributed by atoms with Gasteiger partial charge in [0.1, 0.15) is 5.25 Å². The van der Waals surface area contributed by atoms with Gasteiger partial charge in [0.15, 0.2) is 0 Å². The van der Waals surface area contributed by atoms with Gasteiger partial charge in [-0.05, 0) is 59.3 Å². The predicted octanol–water partition coefficient (Wildman–Crippen LogP) is 7.99. The molecule has 2 aromatic carbocycles. The summed E-state index contributed by atoms with van der Waals surface area (Å²) in [7, 11) is 0. The number of thioether (sulfide) groups is 1. The van der Waals surface area contributed by atoms with Crippen molar-refractivity contribution < 1.29 is 14.7 Å². The molecule has 0 bridgehead atoms. The minimum atomic E-state index is -0.762. The summed E-state index contributed by atoms with van der Waals surface area (Å²) in [6, 6.07) is 16.2. The highest BCUT2D eigenvalue weighted by molar-refractivity contribution is 8.01. The quantitative estimate of drug-likeness (QED) is 0.217. The van der Waals surface area contributed by atoms with E-state index in [1.165, 1.54) is 36.6 Å². The molecule has 2 N–H and O–H groups in total. The number of carboxylic acids is 1. The van der Waals surface area contributed by atoms with Crippen molar-refractivity contribution in [2.24, 2.45) is 0 Å². The molecular formula is C31H46N2O3S. The molecule has 0 spiro atoms. The summed E-state index contributed by atoms with van der Waals surface area (Å²) < 4.78 is 0. The van der Waals surface area contributed by atoms with E-state index in [0.717, 1.165) is 42.6 Å². The van der Waals surface area contributed by atoms with E-state index in [9.17, 15) is 14.7 Å². The van der Waals surface area contributed by atoms with Crippen LogP contribution >= 0.6 is 11.8 Å². The van der Waals surface area contributed by atoms with Crippen LogP contribution in [0.4, 0.5) is 10.5 Å². The Hall–Kier alpha value is -2.47. The molecule has 0 saturated carbocycles. The van der Waals surface area contributed by atoms with E-state index in [4.69, 9.17) is 0 Å². The summed E-state index contributed by atoms with van der Waals surface area (Å²) in [5.41, 5.74) is 4.26. The Morgan fingerprint density at radius 3 is 2.05 bits per heavy atom. The Labute approximate surface area is 228 Å². The van der Waals surface area contributed by atoms with Crippen LogP contribution < -0.4 is 5.32 Å². The predicted molar refractivity (Wildman–Crippen MR) is 158 cm³/mol. The molecule has 0 aliphatic rings. The van der Waals surface area contributed by atoms with Gasteiger partial charge in [-0.1, -0.05) is 96.7 Å². The third-order valence-corrected chi connectivity index (χ3v) is 7.71. The number of carbonyl (C=O) groups excluding carboxylic acids is 1. The normalized spacial score (nSPS) is 12.1. The van der Waals surface area contributed by atoms with Crippen molar-refractivity contribution in [1.29, 1.82) is 0 Å². The third kappa shape index (κ3) is 11.6. The van der Waals surface area contributed by atoms with Gasteiger partial charge in [0.2, 0.25) is 0 Å². The first-order valence-electron chi connectivity index (χ1n) is 13.8. The number of hydrogen-bond acceptors (Lipinski definition) is 3. The topological polar surface area (TPSA) is 69.6 Å². The molecule has 37 heavy (non-hydrogen) atoms. The number of urea groups is 1. The average Bonchev–Trinajstić information content (AvgIpc) is 2.86. The maximum Gasteiger partial charge on any atom is 0.321 e. The molecule has 0 saturated heterocycles. The zero-order valence-electron chi connectivity index (χ0n) is 23.3.